The van der Waals surface area contributed by atoms with Gasteiger partial charge in [-0.25, -0.2) is 4.68 Å². The Bertz CT molecular complexity index is 983. The molecule has 4 rings (SSSR count). The van der Waals surface area contributed by atoms with E-state index in [4.69, 9.17) is 14.2 Å². The molecule has 0 radical (unpaired) electrons. The molecule has 2 aromatic rings. The summed E-state index contributed by atoms with van der Waals surface area (Å²) in [6, 6.07) is 5.80. The Morgan fingerprint density at radius 1 is 1.26 bits per heavy atom. The molecule has 0 unspecified atom stereocenters. The maximum Gasteiger partial charge on any atom is 0.222 e. The number of amides is 1. The van der Waals surface area contributed by atoms with Crippen LogP contribution in [0.15, 0.2) is 24.4 Å². The summed E-state index contributed by atoms with van der Waals surface area (Å²) < 4.78 is 19.6. The van der Waals surface area contributed by atoms with Crippen LogP contribution in [-0.2, 0) is 29.2 Å². The highest BCUT2D eigenvalue weighted by atomic mass is 16.6. The van der Waals surface area contributed by atoms with Gasteiger partial charge in [-0.3, -0.25) is 9.69 Å². The molecule has 0 saturated carbocycles. The summed E-state index contributed by atoms with van der Waals surface area (Å²) in [6.07, 6.45) is 2.67. The minimum absolute atomic E-state index is 0.0454. The number of likely N-dealkylation sites (N-methyl/N-ethyl adjacent to an activating group) is 1. The number of fused-ring (bicyclic) bond motifs is 2. The second-order valence-corrected chi connectivity index (χ2v) is 9.63. The maximum absolute atomic E-state index is 13.0. The van der Waals surface area contributed by atoms with Crippen molar-refractivity contribution < 1.29 is 24.1 Å². The van der Waals surface area contributed by atoms with Crippen molar-refractivity contribution >= 4 is 5.91 Å². The molecule has 10 nitrogen and oxygen atoms in total. The number of nitrogens with zero attached hydrogens (tertiary/aromatic N) is 5. The van der Waals surface area contributed by atoms with Gasteiger partial charge >= 0.3 is 0 Å². The van der Waals surface area contributed by atoms with Gasteiger partial charge in [0, 0.05) is 38.5 Å². The molecular formula is C25H37N5O5. The van der Waals surface area contributed by atoms with Crippen LogP contribution in [-0.4, -0.2) is 87.9 Å². The number of aromatic nitrogens is 3. The number of aliphatic hydroxyl groups is 1. The number of hydrogen-bond acceptors (Lipinski definition) is 8. The Morgan fingerprint density at radius 3 is 2.86 bits per heavy atom. The highest BCUT2D eigenvalue weighted by molar-refractivity contribution is 5.76. The first kappa shape index (κ1) is 25.4. The number of hydrogen-bond donors (Lipinski definition) is 1. The molecule has 192 valence electrons. The fourth-order valence-corrected chi connectivity index (χ4v) is 4.62. The zero-order valence-corrected chi connectivity index (χ0v) is 20.9. The largest absolute Gasteiger partial charge is 0.486 e. The highest BCUT2D eigenvalue weighted by Gasteiger charge is 2.28. The Kier molecular flexibility index (Phi) is 8.59. The number of carbonyl (C=O) groups is 1. The first-order chi connectivity index (χ1) is 16.9. The molecule has 0 bridgehead atoms. The fraction of sp³-hybridized carbons (Fsp3) is 0.640. The van der Waals surface area contributed by atoms with Crippen molar-refractivity contribution in [1.29, 1.82) is 0 Å². The van der Waals surface area contributed by atoms with Gasteiger partial charge < -0.3 is 24.2 Å². The maximum atomic E-state index is 13.0. The van der Waals surface area contributed by atoms with Gasteiger partial charge in [0.25, 0.3) is 0 Å². The molecule has 1 aromatic carbocycles. The van der Waals surface area contributed by atoms with E-state index in [1.54, 1.807) is 11.1 Å². The Balaban J connectivity index is 1.48. The molecule has 1 N–H and O–H groups in total. The van der Waals surface area contributed by atoms with Crippen molar-refractivity contribution in [3.8, 4) is 11.5 Å². The number of aliphatic hydroxyl groups excluding tert-OH is 1. The van der Waals surface area contributed by atoms with E-state index in [2.05, 4.69) is 35.2 Å². The first-order valence-electron chi connectivity index (χ1n) is 12.4. The van der Waals surface area contributed by atoms with E-state index in [1.165, 1.54) is 0 Å². The molecule has 0 spiro atoms. The summed E-state index contributed by atoms with van der Waals surface area (Å²) in [5.41, 5.74) is 2.04. The van der Waals surface area contributed by atoms with E-state index in [9.17, 15) is 9.90 Å². The van der Waals surface area contributed by atoms with Gasteiger partial charge in [-0.15, -0.1) is 5.10 Å². The van der Waals surface area contributed by atoms with Crippen LogP contribution in [0.3, 0.4) is 0 Å². The topological polar surface area (TPSA) is 102 Å². The molecule has 2 aliphatic heterocycles. The van der Waals surface area contributed by atoms with Gasteiger partial charge in [0.1, 0.15) is 13.2 Å². The van der Waals surface area contributed by atoms with Crippen LogP contribution in [0.4, 0.5) is 0 Å². The highest BCUT2D eigenvalue weighted by Crippen LogP contribution is 2.31. The van der Waals surface area contributed by atoms with Gasteiger partial charge in [-0.05, 0) is 38.1 Å². The summed E-state index contributed by atoms with van der Waals surface area (Å²) >= 11 is 0. The quantitative estimate of drug-likeness (QED) is 0.657. The third-order valence-electron chi connectivity index (χ3n) is 6.69. The Morgan fingerprint density at radius 2 is 2.06 bits per heavy atom. The SMILES string of the molecule is C[C@H](CO)N1C[C@H](C)[C@H](CN(C)Cc2ccc3c(c2)OCCO3)OCc2cnnn2CCCC1=O. The Hall–Kier alpha value is -2.69. The second-order valence-electron chi connectivity index (χ2n) is 9.63. The van der Waals surface area contributed by atoms with Gasteiger partial charge in [0.05, 0.1) is 37.3 Å². The van der Waals surface area contributed by atoms with Crippen molar-refractivity contribution in [2.75, 3.05) is 40.0 Å². The molecule has 10 heteroatoms. The number of ether oxygens (including phenoxy) is 3. The minimum atomic E-state index is -0.245. The molecule has 0 aliphatic carbocycles. The van der Waals surface area contributed by atoms with Crippen LogP contribution in [0.1, 0.15) is 37.9 Å². The predicted molar refractivity (Wildman–Crippen MR) is 129 cm³/mol. The van der Waals surface area contributed by atoms with Crippen LogP contribution in [0.2, 0.25) is 0 Å². The van der Waals surface area contributed by atoms with Gasteiger partial charge in [-0.1, -0.05) is 18.2 Å². The number of aryl methyl sites for hydroxylation is 1. The van der Waals surface area contributed by atoms with Crippen LogP contribution in [0, 0.1) is 5.92 Å². The lowest BCUT2D eigenvalue weighted by molar-refractivity contribution is -0.136. The molecule has 1 amide bonds. The number of rotatable bonds is 6. The van der Waals surface area contributed by atoms with Crippen molar-refractivity contribution in [2.24, 2.45) is 5.92 Å². The van der Waals surface area contributed by atoms with E-state index in [0.29, 0.717) is 52.3 Å². The lowest BCUT2D eigenvalue weighted by Crippen LogP contribution is -2.47. The van der Waals surface area contributed by atoms with Crippen LogP contribution >= 0.6 is 0 Å². The molecular weight excluding hydrogens is 450 g/mol. The van der Waals surface area contributed by atoms with E-state index < -0.39 is 0 Å². The smallest absolute Gasteiger partial charge is 0.222 e. The lowest BCUT2D eigenvalue weighted by atomic mass is 10.0. The summed E-state index contributed by atoms with van der Waals surface area (Å²) in [7, 11) is 2.06. The molecule has 3 atom stereocenters. The third-order valence-corrected chi connectivity index (χ3v) is 6.69. The monoisotopic (exact) mass is 487 g/mol. The van der Waals surface area contributed by atoms with Gasteiger partial charge in [-0.2, -0.15) is 0 Å². The number of benzene rings is 1. The van der Waals surface area contributed by atoms with E-state index in [0.717, 1.165) is 29.3 Å². The summed E-state index contributed by atoms with van der Waals surface area (Å²) in [5, 5.41) is 18.0. The minimum Gasteiger partial charge on any atom is -0.486 e. The van der Waals surface area contributed by atoms with Gasteiger partial charge in [0.2, 0.25) is 5.91 Å². The zero-order valence-electron chi connectivity index (χ0n) is 20.9. The molecule has 3 heterocycles. The molecule has 0 saturated heterocycles. The second kappa shape index (κ2) is 11.8. The van der Waals surface area contributed by atoms with Crippen LogP contribution < -0.4 is 9.47 Å². The van der Waals surface area contributed by atoms with Crippen LogP contribution in [0.5, 0.6) is 11.5 Å². The predicted octanol–water partition coefficient (Wildman–Crippen LogP) is 1.71. The fourth-order valence-electron chi connectivity index (χ4n) is 4.62. The zero-order chi connectivity index (χ0) is 24.8. The molecule has 2 aliphatic rings. The third kappa shape index (κ3) is 6.50. The summed E-state index contributed by atoms with van der Waals surface area (Å²) in [6.45, 7) is 8.00. The van der Waals surface area contributed by atoms with Crippen molar-refractivity contribution in [2.45, 2.75) is 58.5 Å². The van der Waals surface area contributed by atoms with Crippen molar-refractivity contribution in [3.63, 3.8) is 0 Å². The standard InChI is InChI=1S/C25H37N5O5/c1-18-13-29(19(2)16-31)25(32)5-4-8-30-21(12-26-27-30)17-35-24(18)15-28(3)14-20-6-7-22-23(11-20)34-10-9-33-22/h6-7,11-12,18-19,24,31H,4-5,8-10,13-17H2,1-3H3/t18-,19+,24-/m0/s1. The average molecular weight is 488 g/mol. The van der Waals surface area contributed by atoms with E-state index in [1.807, 2.05) is 23.7 Å². The lowest BCUT2D eigenvalue weighted by Gasteiger charge is -2.35. The van der Waals surface area contributed by atoms with E-state index >= 15 is 0 Å². The normalized spacial score (nSPS) is 22.3. The summed E-state index contributed by atoms with van der Waals surface area (Å²) in [4.78, 5) is 17.0. The number of carbonyl (C=O) groups excluding carboxylic acids is 1. The first-order valence-corrected chi connectivity index (χ1v) is 12.4. The Labute approximate surface area is 206 Å². The van der Waals surface area contributed by atoms with Gasteiger partial charge in [0.15, 0.2) is 11.5 Å². The van der Waals surface area contributed by atoms with Crippen molar-refractivity contribution in [3.05, 3.63) is 35.7 Å². The molecule has 0 fully saturated rings. The summed E-state index contributed by atoms with van der Waals surface area (Å²) in [5.74, 6) is 1.67. The van der Waals surface area contributed by atoms with Crippen LogP contribution in [0.25, 0.3) is 0 Å². The van der Waals surface area contributed by atoms with Crippen molar-refractivity contribution in [1.82, 2.24) is 24.8 Å². The molecule has 1 aromatic heterocycles. The van der Waals surface area contributed by atoms with E-state index in [-0.39, 0.29) is 30.6 Å². The molecule has 35 heavy (non-hydrogen) atoms. The average Bonchev–Trinajstić information content (AvgIpc) is 3.30.